The topological polar surface area (TPSA) is 47.9 Å². The molecule has 1 aromatic rings. The second kappa shape index (κ2) is 4.95. The molecule has 1 aliphatic heterocycles. The lowest BCUT2D eigenvalue weighted by atomic mass is 10.1. The second-order valence-electron chi connectivity index (χ2n) is 4.01. The van der Waals surface area contributed by atoms with E-state index in [1.165, 1.54) is 6.07 Å². The molecule has 0 bridgehead atoms. The highest BCUT2D eigenvalue weighted by atomic mass is 19.1. The van der Waals surface area contributed by atoms with E-state index in [9.17, 15) is 4.39 Å². The fourth-order valence-electron chi connectivity index (χ4n) is 1.93. The molecule has 2 N–H and O–H groups in total. The summed E-state index contributed by atoms with van der Waals surface area (Å²) in [5, 5.41) is 15.3. The minimum Gasteiger partial charge on any atom is -0.384 e. The minimum atomic E-state index is -0.461. The van der Waals surface area contributed by atoms with E-state index in [0.717, 1.165) is 26.1 Å². The molecule has 0 saturated carbocycles. The van der Waals surface area contributed by atoms with Crippen LogP contribution in [0, 0.1) is 23.1 Å². The average molecular weight is 219 g/mol. The quantitative estimate of drug-likeness (QED) is 0.813. The average Bonchev–Trinajstić information content (AvgIpc) is 2.79. The summed E-state index contributed by atoms with van der Waals surface area (Å²) in [6.07, 6.45) is 1.13. The van der Waals surface area contributed by atoms with Crippen molar-refractivity contribution in [3.63, 3.8) is 0 Å². The van der Waals surface area contributed by atoms with Crippen LogP contribution in [0.1, 0.15) is 12.0 Å². The van der Waals surface area contributed by atoms with E-state index in [1.54, 1.807) is 12.1 Å². The van der Waals surface area contributed by atoms with Crippen LogP contribution in [0.15, 0.2) is 18.2 Å². The molecule has 1 fully saturated rings. The Bertz CT molecular complexity index is 405. The molecule has 1 aliphatic rings. The van der Waals surface area contributed by atoms with Crippen molar-refractivity contribution < 1.29 is 4.39 Å². The number of hydrogen-bond acceptors (Lipinski definition) is 3. The fraction of sp³-hybridized carbons (Fsp3) is 0.417. The number of nitriles is 1. The van der Waals surface area contributed by atoms with Crippen LogP contribution in [-0.4, -0.2) is 19.6 Å². The van der Waals surface area contributed by atoms with Gasteiger partial charge in [-0.2, -0.15) is 5.26 Å². The molecule has 1 atom stereocenters. The molecule has 1 aromatic carbocycles. The summed E-state index contributed by atoms with van der Waals surface area (Å²) in [5.41, 5.74) is 0.697. The van der Waals surface area contributed by atoms with Crippen molar-refractivity contribution >= 4 is 5.69 Å². The molecule has 2 rings (SSSR count). The molecule has 1 saturated heterocycles. The zero-order chi connectivity index (χ0) is 11.4. The molecule has 0 spiro atoms. The van der Waals surface area contributed by atoms with Crippen LogP contribution in [0.2, 0.25) is 0 Å². The fourth-order valence-corrected chi connectivity index (χ4v) is 1.93. The van der Waals surface area contributed by atoms with Crippen LogP contribution in [0.3, 0.4) is 0 Å². The van der Waals surface area contributed by atoms with Gasteiger partial charge >= 0.3 is 0 Å². The maximum Gasteiger partial charge on any atom is 0.143 e. The summed E-state index contributed by atoms with van der Waals surface area (Å²) >= 11 is 0. The van der Waals surface area contributed by atoms with E-state index < -0.39 is 5.82 Å². The summed E-state index contributed by atoms with van der Waals surface area (Å²) in [6.45, 7) is 2.82. The maximum absolute atomic E-state index is 13.3. The van der Waals surface area contributed by atoms with Gasteiger partial charge in [-0.1, -0.05) is 6.07 Å². The molecule has 0 amide bonds. The van der Waals surface area contributed by atoms with E-state index in [-0.39, 0.29) is 5.56 Å². The van der Waals surface area contributed by atoms with Gasteiger partial charge in [-0.15, -0.1) is 0 Å². The van der Waals surface area contributed by atoms with Gasteiger partial charge in [0.1, 0.15) is 17.4 Å². The largest absolute Gasteiger partial charge is 0.384 e. The third-order valence-electron chi connectivity index (χ3n) is 2.87. The molecule has 1 unspecified atom stereocenters. The van der Waals surface area contributed by atoms with Crippen molar-refractivity contribution in [3.8, 4) is 6.07 Å². The lowest BCUT2D eigenvalue weighted by Gasteiger charge is -2.12. The van der Waals surface area contributed by atoms with Crippen molar-refractivity contribution in [3.05, 3.63) is 29.6 Å². The summed E-state index contributed by atoms with van der Waals surface area (Å²) in [4.78, 5) is 0. The van der Waals surface area contributed by atoms with Gasteiger partial charge in [0.25, 0.3) is 0 Å². The van der Waals surface area contributed by atoms with Crippen molar-refractivity contribution in [2.75, 3.05) is 25.0 Å². The van der Waals surface area contributed by atoms with Gasteiger partial charge in [-0.3, -0.25) is 0 Å². The van der Waals surface area contributed by atoms with Gasteiger partial charge < -0.3 is 10.6 Å². The van der Waals surface area contributed by atoms with E-state index in [2.05, 4.69) is 10.6 Å². The number of hydrogen-bond donors (Lipinski definition) is 2. The van der Waals surface area contributed by atoms with Crippen LogP contribution in [0.4, 0.5) is 10.1 Å². The monoisotopic (exact) mass is 219 g/mol. The van der Waals surface area contributed by atoms with Crippen LogP contribution >= 0.6 is 0 Å². The van der Waals surface area contributed by atoms with Gasteiger partial charge in [0.05, 0.1) is 5.69 Å². The van der Waals surface area contributed by atoms with Crippen LogP contribution in [-0.2, 0) is 0 Å². The smallest absolute Gasteiger partial charge is 0.143 e. The van der Waals surface area contributed by atoms with Gasteiger partial charge in [-0.05, 0) is 37.6 Å². The Morgan fingerprint density at radius 1 is 1.56 bits per heavy atom. The highest BCUT2D eigenvalue weighted by Crippen LogP contribution is 2.18. The molecular formula is C12H14FN3. The van der Waals surface area contributed by atoms with Crippen LogP contribution in [0.25, 0.3) is 0 Å². The molecule has 4 heteroatoms. The zero-order valence-corrected chi connectivity index (χ0v) is 8.96. The Morgan fingerprint density at radius 3 is 3.12 bits per heavy atom. The molecule has 0 aromatic heterocycles. The first-order valence-corrected chi connectivity index (χ1v) is 5.44. The van der Waals surface area contributed by atoms with E-state index in [1.807, 2.05) is 6.07 Å². The number of rotatable bonds is 3. The summed E-state index contributed by atoms with van der Waals surface area (Å²) in [6, 6.07) is 6.55. The van der Waals surface area contributed by atoms with Crippen molar-refractivity contribution in [2.45, 2.75) is 6.42 Å². The number of anilines is 1. The Kier molecular flexibility index (Phi) is 3.37. The van der Waals surface area contributed by atoms with Gasteiger partial charge in [0, 0.05) is 6.54 Å². The zero-order valence-electron chi connectivity index (χ0n) is 8.96. The summed E-state index contributed by atoms with van der Waals surface area (Å²) < 4.78 is 13.3. The highest BCUT2D eigenvalue weighted by Gasteiger charge is 2.15. The Hall–Kier alpha value is -1.60. The van der Waals surface area contributed by atoms with Gasteiger partial charge in [0.15, 0.2) is 0 Å². The number of halogens is 1. The normalized spacial score (nSPS) is 19.4. The van der Waals surface area contributed by atoms with E-state index in [0.29, 0.717) is 11.6 Å². The molecule has 0 radical (unpaired) electrons. The third-order valence-corrected chi connectivity index (χ3v) is 2.87. The minimum absolute atomic E-state index is 0.105. The third kappa shape index (κ3) is 2.31. The molecule has 3 nitrogen and oxygen atoms in total. The lowest BCUT2D eigenvalue weighted by molar-refractivity contribution is 0.611. The van der Waals surface area contributed by atoms with Crippen LogP contribution < -0.4 is 10.6 Å². The van der Waals surface area contributed by atoms with Crippen molar-refractivity contribution in [1.82, 2.24) is 5.32 Å². The van der Waals surface area contributed by atoms with Gasteiger partial charge in [0.2, 0.25) is 0 Å². The molecule has 0 aliphatic carbocycles. The van der Waals surface area contributed by atoms with Gasteiger partial charge in [-0.25, -0.2) is 4.39 Å². The highest BCUT2D eigenvalue weighted by molar-refractivity contribution is 5.57. The Balaban J connectivity index is 2.03. The van der Waals surface area contributed by atoms with Crippen molar-refractivity contribution in [1.29, 1.82) is 5.26 Å². The summed E-state index contributed by atoms with van der Waals surface area (Å²) in [7, 11) is 0. The molecule has 1 heterocycles. The lowest BCUT2D eigenvalue weighted by Crippen LogP contribution is -2.17. The van der Waals surface area contributed by atoms with Crippen molar-refractivity contribution in [2.24, 2.45) is 5.92 Å². The predicted molar refractivity (Wildman–Crippen MR) is 60.6 cm³/mol. The first kappa shape index (κ1) is 10.9. The molecule has 84 valence electrons. The first-order valence-electron chi connectivity index (χ1n) is 5.44. The summed E-state index contributed by atoms with van der Waals surface area (Å²) in [5.74, 6) is 0.104. The number of benzene rings is 1. The Labute approximate surface area is 94.3 Å². The standard InChI is InChI=1S/C12H14FN3/c13-11-2-1-3-12(10(11)6-14)16-8-9-4-5-15-7-9/h1-3,9,15-16H,4-5,7-8H2. The first-order chi connectivity index (χ1) is 7.81. The SMILES string of the molecule is N#Cc1c(F)cccc1NCC1CCNC1. The maximum atomic E-state index is 13.3. The van der Waals surface area contributed by atoms with Crippen LogP contribution in [0.5, 0.6) is 0 Å². The predicted octanol–water partition coefficient (Wildman–Crippen LogP) is 1.72. The van der Waals surface area contributed by atoms with E-state index in [4.69, 9.17) is 5.26 Å². The number of nitrogens with zero attached hydrogens (tertiary/aromatic N) is 1. The molecule has 16 heavy (non-hydrogen) atoms. The number of nitrogens with one attached hydrogen (secondary N) is 2. The Morgan fingerprint density at radius 2 is 2.44 bits per heavy atom. The van der Waals surface area contributed by atoms with E-state index >= 15 is 0 Å². The molecular weight excluding hydrogens is 205 g/mol. The second-order valence-corrected chi connectivity index (χ2v) is 4.01.